The summed E-state index contributed by atoms with van der Waals surface area (Å²) in [5.41, 5.74) is 5.55. The topological polar surface area (TPSA) is 39.2 Å². The van der Waals surface area contributed by atoms with E-state index in [1.165, 1.54) is 6.07 Å². The van der Waals surface area contributed by atoms with Crippen molar-refractivity contribution in [1.82, 2.24) is 0 Å². The summed E-state index contributed by atoms with van der Waals surface area (Å²) in [5.74, 6) is -0.135. The molecule has 2 rings (SSSR count). The highest BCUT2D eigenvalue weighted by molar-refractivity contribution is 5.80. The van der Waals surface area contributed by atoms with E-state index in [1.807, 2.05) is 0 Å². The van der Waals surface area contributed by atoms with E-state index in [9.17, 15) is 4.39 Å². The van der Waals surface area contributed by atoms with Gasteiger partial charge in [0.15, 0.2) is 17.3 Å². The third kappa shape index (κ3) is 0.852. The molecule has 0 amide bonds. The van der Waals surface area contributed by atoms with Crippen molar-refractivity contribution in [2.75, 3.05) is 5.73 Å². The normalized spacial score (nSPS) is 10.6. The molecule has 0 saturated carbocycles. The zero-order valence-electron chi connectivity index (χ0n) is 5.67. The number of fused-ring (bicyclic) bond motifs is 1. The highest BCUT2D eigenvalue weighted by atomic mass is 19.1. The van der Waals surface area contributed by atoms with Crippen LogP contribution in [0.25, 0.3) is 11.0 Å². The van der Waals surface area contributed by atoms with Crippen molar-refractivity contribution in [2.45, 2.75) is 0 Å². The number of para-hydroxylation sites is 1. The molecule has 0 saturated heterocycles. The van der Waals surface area contributed by atoms with Crippen LogP contribution >= 0.6 is 0 Å². The molecule has 56 valence electrons. The van der Waals surface area contributed by atoms with E-state index in [2.05, 4.69) is 0 Å². The maximum Gasteiger partial charge on any atom is 0.191 e. The number of nitrogen functional groups attached to an aromatic ring is 1. The van der Waals surface area contributed by atoms with Gasteiger partial charge < -0.3 is 10.2 Å². The summed E-state index contributed by atoms with van der Waals surface area (Å²) in [6.07, 6.45) is 0. The van der Waals surface area contributed by atoms with Gasteiger partial charge >= 0.3 is 0 Å². The van der Waals surface area contributed by atoms with Crippen LogP contribution in [0.1, 0.15) is 0 Å². The van der Waals surface area contributed by atoms with E-state index < -0.39 is 0 Å². The SMILES string of the molecule is Nc1cc2cccc(F)c2o1. The Balaban J connectivity index is 2.90. The summed E-state index contributed by atoms with van der Waals surface area (Å²) < 4.78 is 17.8. The quantitative estimate of drug-likeness (QED) is 0.626. The van der Waals surface area contributed by atoms with Crippen LogP contribution < -0.4 is 5.73 Å². The molecule has 2 nitrogen and oxygen atoms in total. The first-order valence-electron chi connectivity index (χ1n) is 3.21. The van der Waals surface area contributed by atoms with E-state index in [-0.39, 0.29) is 17.3 Å². The number of benzene rings is 1. The van der Waals surface area contributed by atoms with Gasteiger partial charge in [-0.05, 0) is 6.07 Å². The van der Waals surface area contributed by atoms with Gasteiger partial charge in [-0.1, -0.05) is 12.1 Å². The van der Waals surface area contributed by atoms with Gasteiger partial charge in [0.25, 0.3) is 0 Å². The molecule has 1 heterocycles. The molecular formula is C8H6FNO. The van der Waals surface area contributed by atoms with Crippen molar-refractivity contribution in [1.29, 1.82) is 0 Å². The third-order valence-corrected chi connectivity index (χ3v) is 1.52. The minimum absolute atomic E-state index is 0.227. The fraction of sp³-hybridized carbons (Fsp3) is 0. The summed E-state index contributed by atoms with van der Waals surface area (Å²) in [6.45, 7) is 0. The van der Waals surface area contributed by atoms with Gasteiger partial charge in [-0.3, -0.25) is 0 Å². The van der Waals surface area contributed by atoms with E-state index >= 15 is 0 Å². The number of hydrogen-bond donors (Lipinski definition) is 1. The fourth-order valence-corrected chi connectivity index (χ4v) is 1.05. The predicted octanol–water partition coefficient (Wildman–Crippen LogP) is 2.15. The molecule has 11 heavy (non-hydrogen) atoms. The standard InChI is InChI=1S/C8H6FNO/c9-6-3-1-2-5-4-7(10)11-8(5)6/h1-4H,10H2. The van der Waals surface area contributed by atoms with Crippen LogP contribution in [0.5, 0.6) is 0 Å². The van der Waals surface area contributed by atoms with Crippen LogP contribution in [0, 0.1) is 5.82 Å². The lowest BCUT2D eigenvalue weighted by molar-refractivity contribution is 0.571. The number of nitrogens with two attached hydrogens (primary N) is 1. The Bertz CT molecular complexity index is 394. The Morgan fingerprint density at radius 2 is 2.18 bits per heavy atom. The summed E-state index contributed by atoms with van der Waals surface area (Å²) in [4.78, 5) is 0. The highest BCUT2D eigenvalue weighted by Crippen LogP contribution is 2.22. The molecular weight excluding hydrogens is 145 g/mol. The number of hydrogen-bond acceptors (Lipinski definition) is 2. The van der Waals surface area contributed by atoms with Crippen LogP contribution in [0.2, 0.25) is 0 Å². The second kappa shape index (κ2) is 1.99. The second-order valence-corrected chi connectivity index (χ2v) is 2.31. The second-order valence-electron chi connectivity index (χ2n) is 2.31. The molecule has 0 spiro atoms. The van der Waals surface area contributed by atoms with Gasteiger partial charge in [-0.15, -0.1) is 0 Å². The van der Waals surface area contributed by atoms with Crippen molar-refractivity contribution in [3.8, 4) is 0 Å². The molecule has 0 aliphatic carbocycles. The zero-order chi connectivity index (χ0) is 7.84. The summed E-state index contributed by atoms with van der Waals surface area (Å²) in [7, 11) is 0. The first-order valence-corrected chi connectivity index (χ1v) is 3.21. The van der Waals surface area contributed by atoms with E-state index in [4.69, 9.17) is 10.2 Å². The maximum atomic E-state index is 12.9. The number of rotatable bonds is 0. The number of halogens is 1. The summed E-state index contributed by atoms with van der Waals surface area (Å²) >= 11 is 0. The van der Waals surface area contributed by atoms with Gasteiger partial charge in [0.05, 0.1) is 0 Å². The van der Waals surface area contributed by atoms with E-state index in [0.29, 0.717) is 5.39 Å². The highest BCUT2D eigenvalue weighted by Gasteiger charge is 2.04. The lowest BCUT2D eigenvalue weighted by Gasteiger charge is -1.87. The fourth-order valence-electron chi connectivity index (χ4n) is 1.05. The maximum absolute atomic E-state index is 12.9. The van der Waals surface area contributed by atoms with Crippen LogP contribution in [-0.4, -0.2) is 0 Å². The minimum Gasteiger partial charge on any atom is -0.438 e. The molecule has 0 fully saturated rings. The number of furan rings is 1. The third-order valence-electron chi connectivity index (χ3n) is 1.52. The predicted molar refractivity (Wildman–Crippen MR) is 40.6 cm³/mol. The largest absolute Gasteiger partial charge is 0.438 e. The van der Waals surface area contributed by atoms with Crippen LogP contribution in [0.3, 0.4) is 0 Å². The summed E-state index contributed by atoms with van der Waals surface area (Å²) in [5, 5.41) is 0.697. The van der Waals surface area contributed by atoms with Crippen LogP contribution in [-0.2, 0) is 0 Å². The lowest BCUT2D eigenvalue weighted by Crippen LogP contribution is -1.75. The Morgan fingerprint density at radius 3 is 2.91 bits per heavy atom. The Labute approximate surface area is 62.4 Å². The molecule has 0 aliphatic heterocycles. The first-order chi connectivity index (χ1) is 5.27. The van der Waals surface area contributed by atoms with Gasteiger partial charge in [-0.25, -0.2) is 4.39 Å². The van der Waals surface area contributed by atoms with Gasteiger partial charge in [0.1, 0.15) is 0 Å². The smallest absolute Gasteiger partial charge is 0.191 e. The molecule has 0 aliphatic rings. The van der Waals surface area contributed by atoms with Crippen molar-refractivity contribution in [2.24, 2.45) is 0 Å². The minimum atomic E-state index is -0.376. The van der Waals surface area contributed by atoms with Crippen molar-refractivity contribution >= 4 is 16.9 Å². The Morgan fingerprint density at radius 1 is 1.36 bits per heavy atom. The molecule has 0 atom stereocenters. The Hall–Kier alpha value is -1.51. The molecule has 3 heteroatoms. The average molecular weight is 151 g/mol. The molecule has 0 bridgehead atoms. The van der Waals surface area contributed by atoms with Crippen molar-refractivity contribution < 1.29 is 8.81 Å². The van der Waals surface area contributed by atoms with E-state index in [1.54, 1.807) is 18.2 Å². The Kier molecular flexibility index (Phi) is 1.12. The molecule has 1 aromatic carbocycles. The monoisotopic (exact) mass is 151 g/mol. The molecule has 2 N–H and O–H groups in total. The van der Waals surface area contributed by atoms with Gasteiger partial charge in [0.2, 0.25) is 0 Å². The van der Waals surface area contributed by atoms with Gasteiger partial charge in [0, 0.05) is 11.5 Å². The zero-order valence-corrected chi connectivity index (χ0v) is 5.67. The molecule has 1 aromatic heterocycles. The molecule has 0 radical (unpaired) electrons. The summed E-state index contributed by atoms with van der Waals surface area (Å²) in [6, 6.07) is 6.30. The first kappa shape index (κ1) is 6.22. The van der Waals surface area contributed by atoms with Crippen molar-refractivity contribution in [3.05, 3.63) is 30.1 Å². The molecule has 2 aromatic rings. The van der Waals surface area contributed by atoms with E-state index in [0.717, 1.165) is 0 Å². The van der Waals surface area contributed by atoms with Crippen LogP contribution in [0.15, 0.2) is 28.7 Å². The van der Waals surface area contributed by atoms with Crippen molar-refractivity contribution in [3.63, 3.8) is 0 Å². The lowest BCUT2D eigenvalue weighted by atomic mass is 10.2. The van der Waals surface area contributed by atoms with Crippen LogP contribution in [0.4, 0.5) is 10.3 Å². The van der Waals surface area contributed by atoms with Gasteiger partial charge in [-0.2, -0.15) is 0 Å². The average Bonchev–Trinajstić information content (AvgIpc) is 2.31. The number of anilines is 1. The molecule has 0 unspecified atom stereocenters.